The van der Waals surface area contributed by atoms with Crippen LogP contribution in [0.3, 0.4) is 0 Å². The normalized spacial score (nSPS) is 22.1. The number of hydrogen-bond acceptors (Lipinski definition) is 2. The summed E-state index contributed by atoms with van der Waals surface area (Å²) in [7, 11) is 0. The molecular formula is C16H23ClN2. The van der Waals surface area contributed by atoms with Gasteiger partial charge in [0.15, 0.2) is 0 Å². The molecule has 3 heteroatoms. The Labute approximate surface area is 120 Å². The molecule has 2 fully saturated rings. The third kappa shape index (κ3) is 2.43. The van der Waals surface area contributed by atoms with E-state index < -0.39 is 0 Å². The van der Waals surface area contributed by atoms with Gasteiger partial charge in [-0.15, -0.1) is 0 Å². The number of halogens is 1. The highest BCUT2D eigenvalue weighted by molar-refractivity contribution is 6.33. The fourth-order valence-electron chi connectivity index (χ4n) is 3.76. The lowest BCUT2D eigenvalue weighted by Crippen LogP contribution is -2.56. The van der Waals surface area contributed by atoms with Gasteiger partial charge in [0.05, 0.1) is 10.7 Å². The third-order valence-corrected chi connectivity index (χ3v) is 5.20. The fourth-order valence-corrected chi connectivity index (χ4v) is 3.92. The smallest absolute Gasteiger partial charge is 0.0656 e. The number of nitrogen functional groups attached to an aromatic ring is 1. The van der Waals surface area contributed by atoms with Crippen molar-refractivity contribution in [3.63, 3.8) is 0 Å². The second-order valence-corrected chi connectivity index (χ2v) is 6.84. The zero-order valence-electron chi connectivity index (χ0n) is 11.7. The molecule has 19 heavy (non-hydrogen) atoms. The summed E-state index contributed by atoms with van der Waals surface area (Å²) >= 11 is 6.16. The molecule has 0 aromatic heterocycles. The summed E-state index contributed by atoms with van der Waals surface area (Å²) in [5, 5.41) is 0.683. The zero-order chi connectivity index (χ0) is 13.5. The van der Waals surface area contributed by atoms with Crippen LogP contribution in [0.1, 0.15) is 44.1 Å². The summed E-state index contributed by atoms with van der Waals surface area (Å²) in [4.78, 5) is 2.48. The summed E-state index contributed by atoms with van der Waals surface area (Å²) in [6, 6.07) is 4.03. The van der Waals surface area contributed by atoms with Crippen LogP contribution in [-0.4, -0.2) is 13.1 Å². The van der Waals surface area contributed by atoms with Gasteiger partial charge in [-0.25, -0.2) is 0 Å². The van der Waals surface area contributed by atoms with Gasteiger partial charge in [-0.2, -0.15) is 0 Å². The van der Waals surface area contributed by atoms with Crippen molar-refractivity contribution < 1.29 is 0 Å². The maximum absolute atomic E-state index is 6.16. The van der Waals surface area contributed by atoms with Gasteiger partial charge in [0.1, 0.15) is 0 Å². The molecule has 2 aliphatic rings. The van der Waals surface area contributed by atoms with Crippen LogP contribution in [-0.2, 0) is 0 Å². The Morgan fingerprint density at radius 1 is 1.11 bits per heavy atom. The first-order chi connectivity index (χ1) is 9.10. The molecule has 0 unspecified atom stereocenters. The number of rotatable bonds is 1. The lowest BCUT2D eigenvalue weighted by atomic mass is 9.73. The van der Waals surface area contributed by atoms with E-state index in [0.29, 0.717) is 16.1 Å². The van der Waals surface area contributed by atoms with Crippen molar-refractivity contribution in [2.45, 2.75) is 45.4 Å². The Morgan fingerprint density at radius 3 is 2.37 bits per heavy atom. The van der Waals surface area contributed by atoms with E-state index in [-0.39, 0.29) is 0 Å². The Morgan fingerprint density at radius 2 is 1.74 bits per heavy atom. The van der Waals surface area contributed by atoms with Crippen molar-refractivity contribution in [1.82, 2.24) is 0 Å². The summed E-state index contributed by atoms with van der Waals surface area (Å²) in [6.07, 6.45) is 8.49. The van der Waals surface area contributed by atoms with Crippen LogP contribution >= 0.6 is 11.6 Å². The monoisotopic (exact) mass is 278 g/mol. The number of nitrogens with zero attached hydrogens (tertiary/aromatic N) is 1. The van der Waals surface area contributed by atoms with Gasteiger partial charge in [0, 0.05) is 24.2 Å². The van der Waals surface area contributed by atoms with E-state index in [1.54, 1.807) is 0 Å². The Balaban J connectivity index is 1.74. The van der Waals surface area contributed by atoms with Crippen LogP contribution in [0.2, 0.25) is 5.02 Å². The predicted octanol–water partition coefficient (Wildman–Crippen LogP) is 4.39. The van der Waals surface area contributed by atoms with Crippen molar-refractivity contribution in [3.8, 4) is 0 Å². The minimum atomic E-state index is 0.594. The highest BCUT2D eigenvalue weighted by Crippen LogP contribution is 2.45. The maximum atomic E-state index is 6.16. The largest absolute Gasteiger partial charge is 0.398 e. The maximum Gasteiger partial charge on any atom is 0.0656 e. The highest BCUT2D eigenvalue weighted by Gasteiger charge is 2.42. The van der Waals surface area contributed by atoms with E-state index in [4.69, 9.17) is 17.3 Å². The number of anilines is 2. The topological polar surface area (TPSA) is 29.3 Å². The Hall–Kier alpha value is -0.890. The first kappa shape index (κ1) is 13.1. The first-order valence-electron chi connectivity index (χ1n) is 7.40. The average molecular weight is 279 g/mol. The zero-order valence-corrected chi connectivity index (χ0v) is 12.5. The summed E-state index contributed by atoms with van der Waals surface area (Å²) in [6.45, 7) is 4.53. The van der Waals surface area contributed by atoms with Gasteiger partial charge in [-0.3, -0.25) is 0 Å². The number of benzene rings is 1. The lowest BCUT2D eigenvalue weighted by molar-refractivity contribution is 0.180. The van der Waals surface area contributed by atoms with Crippen molar-refractivity contribution in [3.05, 3.63) is 22.7 Å². The first-order valence-corrected chi connectivity index (χ1v) is 7.78. The van der Waals surface area contributed by atoms with Crippen molar-refractivity contribution >= 4 is 23.0 Å². The Kier molecular flexibility index (Phi) is 3.38. The van der Waals surface area contributed by atoms with Crippen molar-refractivity contribution in [2.24, 2.45) is 5.41 Å². The van der Waals surface area contributed by atoms with E-state index in [1.165, 1.54) is 62.9 Å². The van der Waals surface area contributed by atoms with E-state index in [9.17, 15) is 0 Å². The fraction of sp³-hybridized carbons (Fsp3) is 0.625. The summed E-state index contributed by atoms with van der Waals surface area (Å²) in [5.41, 5.74) is 9.65. The van der Waals surface area contributed by atoms with Gasteiger partial charge >= 0.3 is 0 Å². The van der Waals surface area contributed by atoms with Crippen molar-refractivity contribution in [1.29, 1.82) is 0 Å². The van der Waals surface area contributed by atoms with Crippen LogP contribution in [0.25, 0.3) is 0 Å². The van der Waals surface area contributed by atoms with Gasteiger partial charge in [-0.05, 0) is 37.5 Å². The van der Waals surface area contributed by atoms with Crippen molar-refractivity contribution in [2.75, 3.05) is 23.7 Å². The SMILES string of the molecule is Cc1cc(N)c(Cl)cc1N1CC2(CCCCCC2)C1. The average Bonchev–Trinajstić information content (AvgIpc) is 2.58. The van der Waals surface area contributed by atoms with E-state index in [1.807, 2.05) is 12.1 Å². The standard InChI is InChI=1S/C16H23ClN2/c1-12-8-14(18)13(17)9-15(12)19-10-16(11-19)6-4-2-3-5-7-16/h8-9H,2-7,10-11,18H2,1H3. The van der Waals surface area contributed by atoms with Gasteiger partial charge in [-0.1, -0.05) is 37.3 Å². The molecule has 3 rings (SSSR count). The molecule has 0 radical (unpaired) electrons. The number of aryl methyl sites for hydroxylation is 1. The van der Waals surface area contributed by atoms with Gasteiger partial charge in [0.25, 0.3) is 0 Å². The van der Waals surface area contributed by atoms with Crippen LogP contribution in [0.4, 0.5) is 11.4 Å². The van der Waals surface area contributed by atoms with E-state index >= 15 is 0 Å². The minimum Gasteiger partial charge on any atom is -0.398 e. The number of nitrogens with two attached hydrogens (primary N) is 1. The molecule has 1 aromatic carbocycles. The molecule has 1 heterocycles. The molecular weight excluding hydrogens is 256 g/mol. The van der Waals surface area contributed by atoms with Crippen LogP contribution < -0.4 is 10.6 Å². The quantitative estimate of drug-likeness (QED) is 0.772. The molecule has 1 spiro atoms. The van der Waals surface area contributed by atoms with Crippen LogP contribution in [0.5, 0.6) is 0 Å². The molecule has 2 N–H and O–H groups in total. The second kappa shape index (κ2) is 4.90. The summed E-state index contributed by atoms with van der Waals surface area (Å²) in [5.74, 6) is 0. The Bertz CT molecular complexity index is 468. The highest BCUT2D eigenvalue weighted by atomic mass is 35.5. The molecule has 1 aliphatic carbocycles. The molecule has 0 bridgehead atoms. The number of hydrogen-bond donors (Lipinski definition) is 1. The lowest BCUT2D eigenvalue weighted by Gasteiger charge is -2.52. The van der Waals surface area contributed by atoms with Crippen LogP contribution in [0, 0.1) is 12.3 Å². The predicted molar refractivity (Wildman–Crippen MR) is 82.9 cm³/mol. The minimum absolute atomic E-state index is 0.594. The molecule has 0 atom stereocenters. The molecule has 2 nitrogen and oxygen atoms in total. The second-order valence-electron chi connectivity index (χ2n) is 6.43. The van der Waals surface area contributed by atoms with Gasteiger partial charge < -0.3 is 10.6 Å². The molecule has 1 saturated heterocycles. The molecule has 1 aliphatic heterocycles. The van der Waals surface area contributed by atoms with Crippen LogP contribution in [0.15, 0.2) is 12.1 Å². The molecule has 1 saturated carbocycles. The molecule has 1 aromatic rings. The van der Waals surface area contributed by atoms with E-state index in [2.05, 4.69) is 11.8 Å². The summed E-state index contributed by atoms with van der Waals surface area (Å²) < 4.78 is 0. The third-order valence-electron chi connectivity index (χ3n) is 4.87. The molecule has 104 valence electrons. The van der Waals surface area contributed by atoms with E-state index in [0.717, 1.165) is 0 Å². The molecule has 0 amide bonds. The van der Waals surface area contributed by atoms with Gasteiger partial charge in [0.2, 0.25) is 0 Å².